The first-order valence-electron chi connectivity index (χ1n) is 13.4. The molecule has 0 aliphatic rings. The fourth-order valence-electron chi connectivity index (χ4n) is 6.54. The van der Waals surface area contributed by atoms with E-state index in [1.165, 1.54) is 10.8 Å². The monoisotopic (exact) mass is 533 g/mol. The van der Waals surface area contributed by atoms with E-state index in [0.717, 1.165) is 72.5 Å². The number of rotatable bonds is 3. The average Bonchev–Trinajstić information content (AvgIpc) is 3.83. The van der Waals surface area contributed by atoms with Crippen LogP contribution in [-0.4, -0.2) is 13.7 Å². The maximum absolute atomic E-state index is 5.78. The van der Waals surface area contributed by atoms with Gasteiger partial charge in [-0.2, -0.15) is 0 Å². The Bertz CT molecular complexity index is 2340. The van der Waals surface area contributed by atoms with Crippen molar-refractivity contribution in [3.63, 3.8) is 0 Å². The highest BCUT2D eigenvalue weighted by molar-refractivity contribution is 6.11. The van der Waals surface area contributed by atoms with Crippen molar-refractivity contribution in [2.75, 3.05) is 0 Å². The molecule has 0 aliphatic carbocycles. The van der Waals surface area contributed by atoms with Gasteiger partial charge in [0, 0.05) is 52.1 Å². The Morgan fingerprint density at radius 2 is 0.732 bits per heavy atom. The Hall–Kier alpha value is -5.82. The van der Waals surface area contributed by atoms with Crippen molar-refractivity contribution in [2.24, 2.45) is 0 Å². The van der Waals surface area contributed by atoms with Gasteiger partial charge in [-0.15, -0.1) is 0 Å². The van der Waals surface area contributed by atoms with Crippen LogP contribution in [0.5, 0.6) is 0 Å². The van der Waals surface area contributed by atoms with Crippen LogP contribution in [-0.2, 0) is 0 Å². The lowest BCUT2D eigenvalue weighted by molar-refractivity contribution is 0.583. The number of fused-ring (bicyclic) bond motifs is 9. The smallest absolute Gasteiger partial charge is 0.195 e. The van der Waals surface area contributed by atoms with E-state index in [-0.39, 0.29) is 0 Å². The molecular weight excluding hydrogens is 514 g/mol. The Balaban J connectivity index is 1.30. The van der Waals surface area contributed by atoms with Gasteiger partial charge in [-0.1, -0.05) is 30.3 Å². The Kier molecular flexibility index (Phi) is 3.81. The molecule has 0 fully saturated rings. The first kappa shape index (κ1) is 21.1. The highest BCUT2D eigenvalue weighted by atomic mass is 16.4. The van der Waals surface area contributed by atoms with Crippen molar-refractivity contribution in [1.29, 1.82) is 0 Å². The summed E-state index contributed by atoms with van der Waals surface area (Å²) >= 11 is 0. The van der Waals surface area contributed by atoms with Crippen molar-refractivity contribution in [3.05, 3.63) is 116 Å². The fourth-order valence-corrected chi connectivity index (χ4v) is 6.54. The summed E-state index contributed by atoms with van der Waals surface area (Å²) in [4.78, 5) is 0. The molecular formula is C34H19N3O4. The normalized spacial score (nSPS) is 12.4. The zero-order valence-corrected chi connectivity index (χ0v) is 21.4. The summed E-state index contributed by atoms with van der Waals surface area (Å²) in [6, 6.07) is 31.7. The maximum atomic E-state index is 5.78. The van der Waals surface area contributed by atoms with Gasteiger partial charge in [-0.25, -0.2) is 0 Å². The third-order valence-corrected chi connectivity index (χ3v) is 8.22. The highest BCUT2D eigenvalue weighted by Gasteiger charge is 2.21. The standard InChI is InChI=1S/C34H19N3O4/c1-2-4-20(5-3-1)35-29-18-21(36-25-10-14-38-31(25)32-26(36)11-15-39-32)6-8-23(29)24-9-7-22(19-30(24)35)37-27-12-16-40-33(27)34-28(37)13-17-41-34/h1-19H. The lowest BCUT2D eigenvalue weighted by Gasteiger charge is -2.11. The van der Waals surface area contributed by atoms with Gasteiger partial charge in [0.2, 0.25) is 0 Å². The lowest BCUT2D eigenvalue weighted by atomic mass is 10.1. The van der Waals surface area contributed by atoms with Gasteiger partial charge < -0.3 is 31.4 Å². The third kappa shape index (κ3) is 2.62. The summed E-state index contributed by atoms with van der Waals surface area (Å²) in [6.45, 7) is 0. The van der Waals surface area contributed by atoms with Crippen LogP contribution in [0.15, 0.2) is 134 Å². The molecule has 0 N–H and O–H groups in total. The first-order valence-corrected chi connectivity index (χ1v) is 13.4. The number of furan rings is 4. The average molecular weight is 534 g/mol. The van der Waals surface area contributed by atoms with Crippen LogP contribution in [0, 0.1) is 0 Å². The minimum Gasteiger partial charge on any atom is -0.459 e. The second-order valence-electron chi connectivity index (χ2n) is 10.3. The summed E-state index contributed by atoms with van der Waals surface area (Å²) in [5.41, 5.74) is 12.3. The minimum atomic E-state index is 0.751. The first-order chi connectivity index (χ1) is 20.3. The molecule has 7 heterocycles. The van der Waals surface area contributed by atoms with E-state index >= 15 is 0 Å². The maximum Gasteiger partial charge on any atom is 0.195 e. The molecule has 0 saturated carbocycles. The Labute approximate surface area is 230 Å². The predicted molar refractivity (Wildman–Crippen MR) is 159 cm³/mol. The molecule has 7 nitrogen and oxygen atoms in total. The Morgan fingerprint density at radius 1 is 0.341 bits per heavy atom. The van der Waals surface area contributed by atoms with E-state index in [0.29, 0.717) is 0 Å². The molecule has 0 bridgehead atoms. The van der Waals surface area contributed by atoms with E-state index in [9.17, 15) is 0 Å². The van der Waals surface area contributed by atoms with Crippen molar-refractivity contribution < 1.29 is 17.7 Å². The van der Waals surface area contributed by atoms with E-state index in [1.54, 1.807) is 25.1 Å². The third-order valence-electron chi connectivity index (χ3n) is 8.22. The van der Waals surface area contributed by atoms with Gasteiger partial charge in [-0.3, -0.25) is 0 Å². The summed E-state index contributed by atoms with van der Waals surface area (Å²) in [5, 5.41) is 2.35. The molecule has 10 rings (SSSR count). The fraction of sp³-hybridized carbons (Fsp3) is 0. The summed E-state index contributed by atoms with van der Waals surface area (Å²) < 4.78 is 29.9. The second-order valence-corrected chi connectivity index (χ2v) is 10.3. The van der Waals surface area contributed by atoms with E-state index in [1.807, 2.05) is 30.3 Å². The molecule has 0 amide bonds. The van der Waals surface area contributed by atoms with E-state index in [4.69, 9.17) is 17.7 Å². The zero-order chi connectivity index (χ0) is 26.7. The SMILES string of the molecule is c1ccc(-n2c3cc(-n4c5ccoc5c5occc54)ccc3c3ccc(-n4c5ccoc5c5occc54)cc32)cc1. The summed E-state index contributed by atoms with van der Waals surface area (Å²) in [6.07, 6.45) is 6.83. The second kappa shape index (κ2) is 7.43. The summed E-state index contributed by atoms with van der Waals surface area (Å²) in [7, 11) is 0. The topological polar surface area (TPSA) is 67.3 Å². The molecule has 194 valence electrons. The van der Waals surface area contributed by atoms with Crippen LogP contribution in [0.4, 0.5) is 0 Å². The largest absolute Gasteiger partial charge is 0.459 e. The molecule has 0 atom stereocenters. The molecule has 0 saturated heterocycles. The predicted octanol–water partition coefficient (Wildman–Crippen LogP) is 9.35. The summed E-state index contributed by atoms with van der Waals surface area (Å²) in [5.74, 6) is 0. The molecule has 0 spiro atoms. The number of hydrogen-bond donors (Lipinski definition) is 0. The molecule has 10 aromatic rings. The van der Waals surface area contributed by atoms with Crippen LogP contribution in [0.3, 0.4) is 0 Å². The van der Waals surface area contributed by atoms with Crippen LogP contribution in [0.1, 0.15) is 0 Å². The number of nitrogens with zero attached hydrogens (tertiary/aromatic N) is 3. The molecule has 41 heavy (non-hydrogen) atoms. The van der Waals surface area contributed by atoms with Gasteiger partial charge in [-0.05, 0) is 36.4 Å². The molecule has 0 radical (unpaired) electrons. The van der Waals surface area contributed by atoms with Crippen molar-refractivity contribution in [1.82, 2.24) is 13.7 Å². The van der Waals surface area contributed by atoms with Crippen LogP contribution in [0.2, 0.25) is 0 Å². The van der Waals surface area contributed by atoms with Gasteiger partial charge in [0.15, 0.2) is 22.3 Å². The Morgan fingerprint density at radius 3 is 1.15 bits per heavy atom. The van der Waals surface area contributed by atoms with Crippen molar-refractivity contribution >= 4 is 66.2 Å². The van der Waals surface area contributed by atoms with Gasteiger partial charge >= 0.3 is 0 Å². The molecule has 7 heteroatoms. The molecule has 7 aromatic heterocycles. The highest BCUT2D eigenvalue weighted by Crippen LogP contribution is 2.39. The van der Waals surface area contributed by atoms with Gasteiger partial charge in [0.05, 0.1) is 58.2 Å². The van der Waals surface area contributed by atoms with Crippen LogP contribution < -0.4 is 0 Å². The van der Waals surface area contributed by atoms with Crippen LogP contribution >= 0.6 is 0 Å². The van der Waals surface area contributed by atoms with Gasteiger partial charge in [0.1, 0.15) is 0 Å². The number of aromatic nitrogens is 3. The molecule has 0 unspecified atom stereocenters. The minimum absolute atomic E-state index is 0.751. The van der Waals surface area contributed by atoms with Crippen molar-refractivity contribution in [2.45, 2.75) is 0 Å². The number of benzene rings is 3. The molecule has 0 aliphatic heterocycles. The van der Waals surface area contributed by atoms with Crippen molar-refractivity contribution in [3.8, 4) is 17.1 Å². The van der Waals surface area contributed by atoms with E-state index in [2.05, 4.69) is 74.4 Å². The molecule has 3 aromatic carbocycles. The van der Waals surface area contributed by atoms with Gasteiger partial charge in [0.25, 0.3) is 0 Å². The number of hydrogen-bond acceptors (Lipinski definition) is 4. The number of para-hydroxylation sites is 1. The van der Waals surface area contributed by atoms with E-state index < -0.39 is 0 Å². The quantitative estimate of drug-likeness (QED) is 0.227. The van der Waals surface area contributed by atoms with Crippen LogP contribution in [0.25, 0.3) is 83.3 Å². The lowest BCUT2D eigenvalue weighted by Crippen LogP contribution is -1.97. The zero-order valence-electron chi connectivity index (χ0n) is 21.4.